The van der Waals surface area contributed by atoms with Gasteiger partial charge in [-0.1, -0.05) is 0 Å². The van der Waals surface area contributed by atoms with Gasteiger partial charge in [-0.2, -0.15) is 0 Å². The Morgan fingerprint density at radius 2 is 2.31 bits per heavy atom. The Hall–Kier alpha value is -0.870. The van der Waals surface area contributed by atoms with E-state index in [1.807, 2.05) is 6.07 Å². The van der Waals surface area contributed by atoms with Gasteiger partial charge in [0.2, 0.25) is 0 Å². The molecule has 4 heteroatoms. The maximum absolute atomic E-state index is 10.6. The van der Waals surface area contributed by atoms with Crippen LogP contribution in [-0.2, 0) is 0 Å². The summed E-state index contributed by atoms with van der Waals surface area (Å²) >= 11 is 1.29. The smallest absolute Gasteiger partial charge is 0.345 e. The molecule has 0 radical (unpaired) electrons. The highest BCUT2D eigenvalue weighted by Gasteiger charge is 2.30. The summed E-state index contributed by atoms with van der Waals surface area (Å²) in [6, 6.07) is 3.51. The van der Waals surface area contributed by atoms with Crippen LogP contribution in [0.5, 0.6) is 0 Å². The first-order valence-electron chi connectivity index (χ1n) is 4.27. The monoisotopic (exact) mass is 197 g/mol. The number of carboxylic acid groups (broad SMARTS) is 1. The molecule has 1 atom stereocenters. The van der Waals surface area contributed by atoms with Gasteiger partial charge in [0.1, 0.15) is 4.88 Å². The van der Waals surface area contributed by atoms with E-state index in [1.165, 1.54) is 24.2 Å². The summed E-state index contributed by atoms with van der Waals surface area (Å²) in [5.74, 6) is -0.278. The van der Waals surface area contributed by atoms with E-state index in [9.17, 15) is 4.79 Å². The van der Waals surface area contributed by atoms with Crippen LogP contribution in [0.1, 0.15) is 33.4 Å². The fourth-order valence-electron chi connectivity index (χ4n) is 1.33. The molecule has 1 heterocycles. The molecule has 0 aromatic carbocycles. The fraction of sp³-hybridized carbons (Fsp3) is 0.444. The van der Waals surface area contributed by atoms with Gasteiger partial charge >= 0.3 is 5.97 Å². The van der Waals surface area contributed by atoms with Gasteiger partial charge in [0.05, 0.1) is 0 Å². The largest absolute Gasteiger partial charge is 0.477 e. The van der Waals surface area contributed by atoms with E-state index in [-0.39, 0.29) is 6.04 Å². The molecule has 13 heavy (non-hydrogen) atoms. The van der Waals surface area contributed by atoms with Gasteiger partial charge in [-0.25, -0.2) is 4.79 Å². The third-order valence-corrected chi connectivity index (χ3v) is 3.47. The Morgan fingerprint density at radius 1 is 1.62 bits per heavy atom. The van der Waals surface area contributed by atoms with Crippen molar-refractivity contribution in [3.8, 4) is 0 Å². The molecule has 1 aliphatic carbocycles. The van der Waals surface area contributed by atoms with Crippen molar-refractivity contribution in [3.63, 3.8) is 0 Å². The second kappa shape index (κ2) is 3.12. The standard InChI is InChI=1S/C9H11NO2S/c10-8(5-1-2-5)6-3-4-7(13-6)9(11)12/h3-5,8H,1-2,10H2,(H,11,12). The molecule has 1 aromatic heterocycles. The second-order valence-electron chi connectivity index (χ2n) is 3.37. The SMILES string of the molecule is NC(c1ccc(C(=O)O)s1)C1CC1. The lowest BCUT2D eigenvalue weighted by Crippen LogP contribution is -2.10. The molecule has 2 rings (SSSR count). The molecule has 0 bridgehead atoms. The van der Waals surface area contributed by atoms with Crippen LogP contribution in [0.4, 0.5) is 0 Å². The van der Waals surface area contributed by atoms with Crippen LogP contribution in [0.3, 0.4) is 0 Å². The average molecular weight is 197 g/mol. The van der Waals surface area contributed by atoms with Gasteiger partial charge in [-0.15, -0.1) is 11.3 Å². The zero-order valence-corrected chi connectivity index (χ0v) is 7.88. The van der Waals surface area contributed by atoms with Crippen LogP contribution in [0.25, 0.3) is 0 Å². The maximum Gasteiger partial charge on any atom is 0.345 e. The van der Waals surface area contributed by atoms with Crippen molar-refractivity contribution in [2.45, 2.75) is 18.9 Å². The van der Waals surface area contributed by atoms with Crippen LogP contribution in [0.15, 0.2) is 12.1 Å². The van der Waals surface area contributed by atoms with E-state index < -0.39 is 5.97 Å². The molecule has 1 saturated carbocycles. The van der Waals surface area contributed by atoms with E-state index >= 15 is 0 Å². The van der Waals surface area contributed by atoms with Crippen molar-refractivity contribution in [1.29, 1.82) is 0 Å². The Bertz CT molecular complexity index is 330. The number of aromatic carboxylic acids is 1. The number of thiophene rings is 1. The van der Waals surface area contributed by atoms with Crippen LogP contribution in [-0.4, -0.2) is 11.1 Å². The van der Waals surface area contributed by atoms with Crippen LogP contribution in [0, 0.1) is 5.92 Å². The first kappa shape index (κ1) is 8.72. The van der Waals surface area contributed by atoms with Gasteiger partial charge in [-0.05, 0) is 30.9 Å². The van der Waals surface area contributed by atoms with Crippen molar-refractivity contribution in [2.24, 2.45) is 11.7 Å². The molecule has 70 valence electrons. The van der Waals surface area contributed by atoms with E-state index in [1.54, 1.807) is 6.07 Å². The molecule has 3 N–H and O–H groups in total. The minimum Gasteiger partial charge on any atom is -0.477 e. The molecule has 1 aromatic rings. The Labute approximate surface area is 80.2 Å². The summed E-state index contributed by atoms with van der Waals surface area (Å²) in [7, 11) is 0. The van der Waals surface area contributed by atoms with Crippen LogP contribution in [0.2, 0.25) is 0 Å². The molecule has 0 spiro atoms. The lowest BCUT2D eigenvalue weighted by atomic mass is 10.2. The van der Waals surface area contributed by atoms with E-state index in [4.69, 9.17) is 10.8 Å². The first-order chi connectivity index (χ1) is 6.18. The Morgan fingerprint density at radius 3 is 2.77 bits per heavy atom. The van der Waals surface area contributed by atoms with Crippen LogP contribution >= 0.6 is 11.3 Å². The molecule has 0 saturated heterocycles. The quantitative estimate of drug-likeness (QED) is 0.777. The summed E-state index contributed by atoms with van der Waals surface area (Å²) in [6.45, 7) is 0. The zero-order chi connectivity index (χ0) is 9.42. The van der Waals surface area contributed by atoms with E-state index in [0.717, 1.165) is 4.88 Å². The van der Waals surface area contributed by atoms with Crippen molar-refractivity contribution < 1.29 is 9.90 Å². The summed E-state index contributed by atoms with van der Waals surface area (Å²) in [4.78, 5) is 12.0. The number of carboxylic acids is 1. The minimum absolute atomic E-state index is 0.0538. The number of nitrogens with two attached hydrogens (primary N) is 1. The number of hydrogen-bond donors (Lipinski definition) is 2. The summed E-state index contributed by atoms with van der Waals surface area (Å²) < 4.78 is 0. The number of carbonyl (C=O) groups is 1. The lowest BCUT2D eigenvalue weighted by Gasteiger charge is -2.05. The molecule has 3 nitrogen and oxygen atoms in total. The van der Waals surface area contributed by atoms with E-state index in [0.29, 0.717) is 10.8 Å². The van der Waals surface area contributed by atoms with Crippen molar-refractivity contribution in [3.05, 3.63) is 21.9 Å². The van der Waals surface area contributed by atoms with Crippen molar-refractivity contribution >= 4 is 17.3 Å². The first-order valence-corrected chi connectivity index (χ1v) is 5.08. The maximum atomic E-state index is 10.6. The zero-order valence-electron chi connectivity index (χ0n) is 7.06. The number of hydrogen-bond acceptors (Lipinski definition) is 3. The van der Waals surface area contributed by atoms with Gasteiger partial charge < -0.3 is 10.8 Å². The van der Waals surface area contributed by atoms with Crippen molar-refractivity contribution in [1.82, 2.24) is 0 Å². The third-order valence-electron chi connectivity index (χ3n) is 2.30. The highest BCUT2D eigenvalue weighted by atomic mass is 32.1. The predicted molar refractivity (Wildman–Crippen MR) is 50.9 cm³/mol. The molecule has 1 fully saturated rings. The number of rotatable bonds is 3. The molecule has 0 aliphatic heterocycles. The normalized spacial score (nSPS) is 18.5. The minimum atomic E-state index is -0.862. The van der Waals surface area contributed by atoms with Gasteiger partial charge in [0.25, 0.3) is 0 Å². The third kappa shape index (κ3) is 1.73. The topological polar surface area (TPSA) is 63.3 Å². The summed E-state index contributed by atoms with van der Waals surface area (Å²) in [5, 5.41) is 8.70. The molecular formula is C9H11NO2S. The highest BCUT2D eigenvalue weighted by molar-refractivity contribution is 7.14. The molecule has 1 unspecified atom stereocenters. The highest BCUT2D eigenvalue weighted by Crippen LogP contribution is 2.41. The van der Waals surface area contributed by atoms with Gasteiger partial charge in [0, 0.05) is 10.9 Å². The predicted octanol–water partition coefficient (Wildman–Crippen LogP) is 1.86. The Kier molecular flexibility index (Phi) is 2.09. The fourth-order valence-corrected chi connectivity index (χ4v) is 2.28. The lowest BCUT2D eigenvalue weighted by molar-refractivity contribution is 0.0702. The van der Waals surface area contributed by atoms with Crippen molar-refractivity contribution in [2.75, 3.05) is 0 Å². The van der Waals surface area contributed by atoms with Gasteiger partial charge in [-0.3, -0.25) is 0 Å². The molecule has 1 aliphatic rings. The average Bonchev–Trinajstić information content (AvgIpc) is 2.81. The van der Waals surface area contributed by atoms with E-state index in [2.05, 4.69) is 0 Å². The van der Waals surface area contributed by atoms with Crippen LogP contribution < -0.4 is 5.73 Å². The summed E-state index contributed by atoms with van der Waals surface area (Å²) in [6.07, 6.45) is 2.36. The summed E-state index contributed by atoms with van der Waals surface area (Å²) in [5.41, 5.74) is 5.93. The second-order valence-corrected chi connectivity index (χ2v) is 4.49. The molecular weight excluding hydrogens is 186 g/mol. The van der Waals surface area contributed by atoms with Gasteiger partial charge in [0.15, 0.2) is 0 Å². The molecule has 0 amide bonds. The Balaban J connectivity index is 2.16.